The molecular weight excluding hydrogens is 360 g/mol. The van der Waals surface area contributed by atoms with E-state index >= 15 is 0 Å². The van der Waals surface area contributed by atoms with E-state index in [-0.39, 0.29) is 23.8 Å². The van der Waals surface area contributed by atoms with E-state index in [1.807, 2.05) is 13.2 Å². The zero-order valence-electron chi connectivity index (χ0n) is 16.7. The molecule has 0 radical (unpaired) electrons. The summed E-state index contributed by atoms with van der Waals surface area (Å²) in [4.78, 5) is 39.6. The van der Waals surface area contributed by atoms with Crippen LogP contribution in [0.2, 0.25) is 0 Å². The number of fused-ring (bicyclic) bond motifs is 1. The average molecular weight is 391 g/mol. The van der Waals surface area contributed by atoms with Crippen molar-refractivity contribution < 1.29 is 14.4 Å². The number of nitrogens with one attached hydrogen (secondary N) is 1. The summed E-state index contributed by atoms with van der Waals surface area (Å²) >= 11 is 1.60. The summed E-state index contributed by atoms with van der Waals surface area (Å²) in [5.74, 6) is 0.359. The number of benzene rings is 1. The number of hydrogen-bond acceptors (Lipinski definition) is 4. The van der Waals surface area contributed by atoms with Crippen LogP contribution in [0.5, 0.6) is 0 Å². The van der Waals surface area contributed by atoms with Gasteiger partial charge in [-0.05, 0) is 49.8 Å². The Morgan fingerprint density at radius 3 is 2.15 bits per heavy atom. The van der Waals surface area contributed by atoms with Crippen molar-refractivity contribution >= 4 is 29.5 Å². The van der Waals surface area contributed by atoms with E-state index in [1.165, 1.54) is 0 Å². The van der Waals surface area contributed by atoms with Gasteiger partial charge in [-0.2, -0.15) is 11.8 Å². The van der Waals surface area contributed by atoms with Crippen molar-refractivity contribution in [1.29, 1.82) is 0 Å². The lowest BCUT2D eigenvalue weighted by Gasteiger charge is -2.27. The SMILES string of the molecule is CSCC[C@H](C(=O)N[C@H](C)CCCC(C)C)N1C(=O)c2ccccc2C1=O. The lowest BCUT2D eigenvalue weighted by atomic mass is 10.0. The van der Waals surface area contributed by atoms with E-state index in [0.717, 1.165) is 24.2 Å². The highest BCUT2D eigenvalue weighted by Gasteiger charge is 2.42. The van der Waals surface area contributed by atoms with Crippen LogP contribution in [0.1, 0.15) is 67.2 Å². The molecule has 1 N–H and O–H groups in total. The van der Waals surface area contributed by atoms with E-state index in [0.29, 0.717) is 29.2 Å². The second kappa shape index (κ2) is 9.93. The molecule has 0 unspecified atom stereocenters. The van der Waals surface area contributed by atoms with Gasteiger partial charge in [-0.1, -0.05) is 38.8 Å². The molecule has 6 heteroatoms. The van der Waals surface area contributed by atoms with Crippen LogP contribution in [0.4, 0.5) is 0 Å². The number of rotatable bonds is 10. The lowest BCUT2D eigenvalue weighted by Crippen LogP contribution is -2.51. The second-order valence-electron chi connectivity index (χ2n) is 7.56. The Kier molecular flexibility index (Phi) is 7.90. The highest BCUT2D eigenvalue weighted by atomic mass is 32.2. The predicted octanol–water partition coefficient (Wildman–Crippen LogP) is 3.74. The Balaban J connectivity index is 2.10. The van der Waals surface area contributed by atoms with E-state index in [2.05, 4.69) is 19.2 Å². The van der Waals surface area contributed by atoms with Crippen LogP contribution in [-0.4, -0.2) is 46.7 Å². The third kappa shape index (κ3) is 5.34. The van der Waals surface area contributed by atoms with E-state index in [4.69, 9.17) is 0 Å². The van der Waals surface area contributed by atoms with Gasteiger partial charge in [-0.15, -0.1) is 0 Å². The van der Waals surface area contributed by atoms with Crippen molar-refractivity contribution in [3.05, 3.63) is 35.4 Å². The summed E-state index contributed by atoms with van der Waals surface area (Å²) in [5, 5.41) is 3.01. The quantitative estimate of drug-likeness (QED) is 0.618. The summed E-state index contributed by atoms with van der Waals surface area (Å²) < 4.78 is 0. The third-order valence-electron chi connectivity index (χ3n) is 4.84. The summed E-state index contributed by atoms with van der Waals surface area (Å²) in [6, 6.07) is 6.02. The molecule has 148 valence electrons. The molecule has 1 aliphatic heterocycles. The fourth-order valence-electron chi connectivity index (χ4n) is 3.34. The van der Waals surface area contributed by atoms with Gasteiger partial charge in [-0.3, -0.25) is 19.3 Å². The zero-order valence-corrected chi connectivity index (χ0v) is 17.5. The number of imide groups is 1. The largest absolute Gasteiger partial charge is 0.352 e. The van der Waals surface area contributed by atoms with Crippen LogP contribution in [0.3, 0.4) is 0 Å². The molecule has 3 amide bonds. The first-order valence-electron chi connectivity index (χ1n) is 9.63. The molecule has 0 bridgehead atoms. The lowest BCUT2D eigenvalue weighted by molar-refractivity contribution is -0.125. The maximum Gasteiger partial charge on any atom is 0.262 e. The normalized spacial score (nSPS) is 15.8. The number of nitrogens with zero attached hydrogens (tertiary/aromatic N) is 1. The molecule has 2 rings (SSSR count). The minimum atomic E-state index is -0.766. The van der Waals surface area contributed by atoms with Crippen LogP contribution >= 0.6 is 11.8 Å². The Labute approximate surface area is 166 Å². The van der Waals surface area contributed by atoms with Gasteiger partial charge in [0.15, 0.2) is 0 Å². The molecule has 1 aromatic rings. The van der Waals surface area contributed by atoms with Crippen molar-refractivity contribution in [2.24, 2.45) is 5.92 Å². The van der Waals surface area contributed by atoms with Crippen LogP contribution in [0.25, 0.3) is 0 Å². The molecule has 5 nitrogen and oxygen atoms in total. The van der Waals surface area contributed by atoms with Gasteiger partial charge in [0, 0.05) is 6.04 Å². The number of thioether (sulfide) groups is 1. The third-order valence-corrected chi connectivity index (χ3v) is 5.49. The fraction of sp³-hybridized carbons (Fsp3) is 0.571. The van der Waals surface area contributed by atoms with Gasteiger partial charge >= 0.3 is 0 Å². The number of hydrogen-bond donors (Lipinski definition) is 1. The summed E-state index contributed by atoms with van der Waals surface area (Å²) in [6.45, 7) is 6.35. The summed E-state index contributed by atoms with van der Waals surface area (Å²) in [6.07, 6.45) is 5.46. The van der Waals surface area contributed by atoms with Gasteiger partial charge in [0.2, 0.25) is 5.91 Å². The average Bonchev–Trinajstić information content (AvgIpc) is 2.87. The number of carbonyl (C=O) groups excluding carboxylic acids is 3. The summed E-state index contributed by atoms with van der Waals surface area (Å²) in [5.41, 5.74) is 0.767. The Morgan fingerprint density at radius 2 is 1.63 bits per heavy atom. The van der Waals surface area contributed by atoms with Crippen LogP contribution in [-0.2, 0) is 4.79 Å². The van der Waals surface area contributed by atoms with Crippen molar-refractivity contribution in [3.8, 4) is 0 Å². The maximum absolute atomic E-state index is 12.9. The molecule has 27 heavy (non-hydrogen) atoms. The minimum absolute atomic E-state index is 0.0169. The minimum Gasteiger partial charge on any atom is -0.352 e. The molecule has 1 heterocycles. The Hall–Kier alpha value is -1.82. The molecule has 0 aromatic heterocycles. The van der Waals surface area contributed by atoms with Gasteiger partial charge < -0.3 is 5.32 Å². The smallest absolute Gasteiger partial charge is 0.262 e. The van der Waals surface area contributed by atoms with Gasteiger partial charge in [-0.25, -0.2) is 0 Å². The van der Waals surface area contributed by atoms with E-state index in [1.54, 1.807) is 36.0 Å². The Bertz CT molecular complexity index is 655. The first-order valence-corrected chi connectivity index (χ1v) is 11.0. The molecule has 1 aromatic carbocycles. The predicted molar refractivity (Wildman–Crippen MR) is 110 cm³/mol. The molecule has 0 saturated carbocycles. The summed E-state index contributed by atoms with van der Waals surface area (Å²) in [7, 11) is 0. The Morgan fingerprint density at radius 1 is 1.04 bits per heavy atom. The topological polar surface area (TPSA) is 66.5 Å². The highest BCUT2D eigenvalue weighted by Crippen LogP contribution is 2.26. The zero-order chi connectivity index (χ0) is 20.0. The van der Waals surface area contributed by atoms with Crippen molar-refractivity contribution in [3.63, 3.8) is 0 Å². The molecule has 0 aliphatic carbocycles. The van der Waals surface area contributed by atoms with Crippen LogP contribution in [0.15, 0.2) is 24.3 Å². The standard InChI is InChI=1S/C21H30N2O3S/c1-14(2)8-7-9-15(3)22-19(24)18(12-13-27-4)23-20(25)16-10-5-6-11-17(16)21(23)26/h5-6,10-11,14-15,18H,7-9,12-13H2,1-4H3,(H,22,24)/t15-,18-/m1/s1. The maximum atomic E-state index is 12.9. The monoisotopic (exact) mass is 390 g/mol. The van der Waals surface area contributed by atoms with Gasteiger partial charge in [0.05, 0.1) is 11.1 Å². The second-order valence-corrected chi connectivity index (χ2v) is 8.54. The molecular formula is C21H30N2O3S. The van der Waals surface area contributed by atoms with Crippen molar-refractivity contribution in [2.75, 3.05) is 12.0 Å². The number of carbonyl (C=O) groups is 3. The molecule has 0 spiro atoms. The van der Waals surface area contributed by atoms with Gasteiger partial charge in [0.1, 0.15) is 6.04 Å². The molecule has 2 atom stereocenters. The molecule has 1 aliphatic rings. The van der Waals surface area contributed by atoms with Gasteiger partial charge in [0.25, 0.3) is 11.8 Å². The molecule has 0 saturated heterocycles. The van der Waals surface area contributed by atoms with E-state index in [9.17, 15) is 14.4 Å². The number of amides is 3. The fourth-order valence-corrected chi connectivity index (χ4v) is 3.80. The first-order chi connectivity index (χ1) is 12.9. The van der Waals surface area contributed by atoms with E-state index < -0.39 is 6.04 Å². The van der Waals surface area contributed by atoms with Crippen molar-refractivity contribution in [1.82, 2.24) is 10.2 Å². The highest BCUT2D eigenvalue weighted by molar-refractivity contribution is 7.98. The molecule has 0 fully saturated rings. The van der Waals surface area contributed by atoms with Crippen LogP contribution < -0.4 is 5.32 Å². The first kappa shape index (κ1) is 21.5. The van der Waals surface area contributed by atoms with Crippen molar-refractivity contribution in [2.45, 2.75) is 58.5 Å². The van der Waals surface area contributed by atoms with Crippen LogP contribution in [0, 0.1) is 5.92 Å².